The molecule has 0 bridgehead atoms. The Labute approximate surface area is 327 Å². The third-order valence-electron chi connectivity index (χ3n) is 9.49. The van der Waals surface area contributed by atoms with E-state index in [-0.39, 0.29) is 58.8 Å². The number of aliphatic hydroxyl groups is 2. The van der Waals surface area contributed by atoms with Crippen LogP contribution in [0.2, 0.25) is 0 Å². The Morgan fingerprint density at radius 3 is 2.52 bits per heavy atom. The number of hydrogen-bond donors (Lipinski definition) is 3. The highest BCUT2D eigenvalue weighted by Gasteiger charge is 2.39. The first-order valence-electron chi connectivity index (χ1n) is 17.9. The van der Waals surface area contributed by atoms with Gasteiger partial charge in [0, 0.05) is 71.1 Å². The largest absolute Gasteiger partial charge is 0.497 e. The molecule has 2 radical (unpaired) electrons. The first kappa shape index (κ1) is 45.3. The van der Waals surface area contributed by atoms with Gasteiger partial charge in [-0.25, -0.2) is 4.98 Å². The van der Waals surface area contributed by atoms with Crippen molar-refractivity contribution in [1.29, 1.82) is 0 Å². The van der Waals surface area contributed by atoms with Gasteiger partial charge in [0.25, 0.3) is 0 Å². The Morgan fingerprint density at radius 2 is 1.85 bits per heavy atom. The van der Waals surface area contributed by atoms with Crippen molar-refractivity contribution in [3.8, 4) is 11.5 Å². The van der Waals surface area contributed by atoms with Gasteiger partial charge >= 0.3 is 5.97 Å². The summed E-state index contributed by atoms with van der Waals surface area (Å²) in [7, 11) is 3.31. The zero-order valence-electron chi connectivity index (χ0n) is 32.0. The molecule has 1 aliphatic carbocycles. The lowest BCUT2D eigenvalue weighted by atomic mass is 9.87. The molecule has 11 nitrogen and oxygen atoms in total. The van der Waals surface area contributed by atoms with Crippen LogP contribution in [0.3, 0.4) is 0 Å². The van der Waals surface area contributed by atoms with E-state index in [4.69, 9.17) is 9.47 Å². The Balaban J connectivity index is 0.000000355. The van der Waals surface area contributed by atoms with E-state index in [0.29, 0.717) is 18.0 Å². The molecule has 0 spiro atoms. The lowest BCUT2D eigenvalue weighted by molar-refractivity contribution is -0.140. The number of hydrogen-bond acceptors (Lipinski definition) is 10. The molecule has 1 unspecified atom stereocenters. The summed E-state index contributed by atoms with van der Waals surface area (Å²) in [6.45, 7) is 7.81. The van der Waals surface area contributed by atoms with Gasteiger partial charge in [-0.05, 0) is 58.6 Å². The average Bonchev–Trinajstić information content (AvgIpc) is 3.65. The molecule has 0 saturated heterocycles. The summed E-state index contributed by atoms with van der Waals surface area (Å²) in [6.07, 6.45) is 13.4. The molecule has 4 rings (SSSR count). The number of pyridine rings is 1. The molecule has 5 atom stereocenters. The quantitative estimate of drug-likeness (QED) is 0.0569. The van der Waals surface area contributed by atoms with E-state index in [0.717, 1.165) is 90.7 Å². The van der Waals surface area contributed by atoms with Crippen molar-refractivity contribution in [2.45, 2.75) is 121 Å². The molecule has 52 heavy (non-hydrogen) atoms. The number of unbranched alkanes of at least 4 members (excludes halogenated alkanes) is 4. The highest BCUT2D eigenvalue weighted by molar-refractivity contribution is 7.84. The number of benzene rings is 1. The molecule has 1 fully saturated rings. The maximum absolute atomic E-state index is 12.7. The highest BCUT2D eigenvalue weighted by Crippen LogP contribution is 2.35. The van der Waals surface area contributed by atoms with Gasteiger partial charge < -0.3 is 29.4 Å². The molecular weight excluding hydrogens is 695 g/mol. The van der Waals surface area contributed by atoms with Crippen LogP contribution >= 0.6 is 0 Å². The van der Waals surface area contributed by atoms with Gasteiger partial charge in [-0.1, -0.05) is 51.2 Å². The maximum atomic E-state index is 12.7. The molecule has 0 aliphatic heterocycles. The Kier molecular flexibility index (Phi) is 19.5. The van der Waals surface area contributed by atoms with E-state index in [9.17, 15) is 24.0 Å². The van der Waals surface area contributed by atoms with Crippen LogP contribution in [-0.2, 0) is 30.9 Å². The van der Waals surface area contributed by atoms with Crippen molar-refractivity contribution in [1.82, 2.24) is 15.0 Å². The zero-order chi connectivity index (χ0) is 37.6. The molecule has 284 valence electrons. The number of carbonyl (C=O) groups is 2. The van der Waals surface area contributed by atoms with Crippen LogP contribution < -0.4 is 9.47 Å². The SMILES string of the molecule is CCCCC(C)(O)C/C=C/[C@H]1[C@H](O)CC(=O)[C@@H]1CCCCCCC(=O)OC.COc1ccc2nc([S@@](=O)Cc3ncc(C)c(OC)c3C)[nH]c2c1.[Mg]. The van der Waals surface area contributed by atoms with Crippen molar-refractivity contribution in [2.24, 2.45) is 11.8 Å². The normalized spacial score (nSPS) is 18.7. The van der Waals surface area contributed by atoms with Gasteiger partial charge in [-0.2, -0.15) is 0 Å². The molecule has 13 heteroatoms. The van der Waals surface area contributed by atoms with E-state index in [1.54, 1.807) is 20.4 Å². The monoisotopic (exact) mass is 751 g/mol. The van der Waals surface area contributed by atoms with Crippen LogP contribution in [0.1, 0.15) is 101 Å². The van der Waals surface area contributed by atoms with Crippen LogP contribution in [0, 0.1) is 25.7 Å². The number of carbonyl (C=O) groups excluding carboxylic acids is 2. The average molecular weight is 752 g/mol. The van der Waals surface area contributed by atoms with E-state index < -0.39 is 22.5 Å². The Bertz CT molecular complexity index is 1640. The number of methoxy groups -OCH3 is 3. The summed E-state index contributed by atoms with van der Waals surface area (Å²) in [5.74, 6) is 1.48. The number of Topliss-reactive ketones (excluding diaryl/α,β-unsaturated/α-hetero) is 1. The number of H-pyrrole nitrogens is 1. The first-order chi connectivity index (χ1) is 24.3. The Morgan fingerprint density at radius 1 is 1.12 bits per heavy atom. The number of nitrogens with zero attached hydrogens (tertiary/aromatic N) is 2. The van der Waals surface area contributed by atoms with Crippen molar-refractivity contribution in [3.05, 3.63) is 53.4 Å². The number of nitrogens with one attached hydrogen (secondary N) is 1. The summed E-state index contributed by atoms with van der Waals surface area (Å²) < 4.78 is 27.9. The Hall–Kier alpha value is -2.84. The minimum atomic E-state index is -1.33. The standard InChI is InChI=1S/C22H38O5.C17H19N3O3S.Mg/c1-4-5-14-22(2,26)15-10-12-18-17(19(23)16-20(18)24)11-8-6-7-9-13-21(25)27-3;1-10-8-18-15(11(2)16(10)23-4)9-24(21)17-19-13-6-5-12(22-3)7-14(13)20-17;/h10,12,17-18,20,24,26H,4-9,11,13-16H2,1-3H3;5-8H,9H2,1-4H3,(H,19,20);/b12-10+;;/t17-,18-,20-,22?;24-;/m10./s1. The number of ether oxygens (including phenoxy) is 3. The molecule has 3 N–H and O–H groups in total. The van der Waals surface area contributed by atoms with Gasteiger partial charge in [-0.3, -0.25) is 18.8 Å². The zero-order valence-corrected chi connectivity index (χ0v) is 34.3. The highest BCUT2D eigenvalue weighted by atomic mass is 32.2. The molecule has 1 saturated carbocycles. The van der Waals surface area contributed by atoms with Crippen LogP contribution in [-0.4, -0.2) is 97.2 Å². The predicted molar refractivity (Wildman–Crippen MR) is 205 cm³/mol. The number of esters is 1. The van der Waals surface area contributed by atoms with Crippen LogP contribution in [0.5, 0.6) is 11.5 Å². The summed E-state index contributed by atoms with van der Waals surface area (Å²) in [5, 5.41) is 21.0. The minimum absolute atomic E-state index is 0. The number of ketones is 1. The predicted octanol–water partition coefficient (Wildman–Crippen LogP) is 6.47. The molecule has 1 aliphatic rings. The van der Waals surface area contributed by atoms with Crippen molar-refractivity contribution in [2.75, 3.05) is 21.3 Å². The van der Waals surface area contributed by atoms with Crippen molar-refractivity contribution < 1.29 is 38.2 Å². The van der Waals surface area contributed by atoms with Crippen molar-refractivity contribution in [3.63, 3.8) is 0 Å². The third kappa shape index (κ3) is 13.5. The second-order valence-electron chi connectivity index (χ2n) is 13.6. The lowest BCUT2D eigenvalue weighted by Crippen LogP contribution is -2.23. The number of aromatic nitrogens is 3. The smallest absolute Gasteiger partial charge is 0.305 e. The van der Waals surface area contributed by atoms with Gasteiger partial charge in [-0.15, -0.1) is 0 Å². The molecule has 2 aromatic heterocycles. The summed E-state index contributed by atoms with van der Waals surface area (Å²) >= 11 is 0. The minimum Gasteiger partial charge on any atom is -0.497 e. The molecular formula is C39H57MgN3O8S. The molecule has 0 amide bonds. The third-order valence-corrected chi connectivity index (χ3v) is 10.7. The number of fused-ring (bicyclic) bond motifs is 1. The number of aromatic amines is 1. The van der Waals surface area contributed by atoms with Gasteiger partial charge in [0.15, 0.2) is 5.16 Å². The van der Waals surface area contributed by atoms with Crippen LogP contribution in [0.4, 0.5) is 0 Å². The molecule has 3 aromatic rings. The summed E-state index contributed by atoms with van der Waals surface area (Å²) in [6, 6.07) is 5.50. The fraction of sp³-hybridized carbons (Fsp3) is 0.590. The fourth-order valence-corrected chi connectivity index (χ4v) is 7.53. The number of aliphatic hydroxyl groups excluding tert-OH is 1. The van der Waals surface area contributed by atoms with Gasteiger partial charge in [0.1, 0.15) is 17.3 Å². The second-order valence-corrected chi connectivity index (χ2v) is 15.0. The van der Waals surface area contributed by atoms with Gasteiger partial charge in [0.2, 0.25) is 0 Å². The summed E-state index contributed by atoms with van der Waals surface area (Å²) in [4.78, 5) is 35.2. The second kappa shape index (κ2) is 22.4. The van der Waals surface area contributed by atoms with E-state index in [2.05, 4.69) is 26.6 Å². The molecule has 2 heterocycles. The van der Waals surface area contributed by atoms with Crippen molar-refractivity contribution >= 4 is 56.6 Å². The fourth-order valence-electron chi connectivity index (χ4n) is 6.43. The number of imidazole rings is 1. The van der Waals surface area contributed by atoms with E-state index in [1.807, 2.05) is 51.1 Å². The topological polar surface area (TPSA) is 161 Å². The van der Waals surface area contributed by atoms with E-state index >= 15 is 0 Å². The summed E-state index contributed by atoms with van der Waals surface area (Å²) in [5.41, 5.74) is 3.43. The number of aryl methyl sites for hydroxylation is 1. The van der Waals surface area contributed by atoms with Crippen LogP contribution in [0.15, 0.2) is 41.7 Å². The number of rotatable bonds is 18. The van der Waals surface area contributed by atoms with Gasteiger partial charge in [0.05, 0.1) is 66.3 Å². The van der Waals surface area contributed by atoms with Crippen LogP contribution in [0.25, 0.3) is 11.0 Å². The lowest BCUT2D eigenvalue weighted by Gasteiger charge is -2.22. The first-order valence-corrected chi connectivity index (χ1v) is 19.2. The molecule has 1 aromatic carbocycles. The maximum Gasteiger partial charge on any atom is 0.305 e. The van der Waals surface area contributed by atoms with E-state index in [1.165, 1.54) is 7.11 Å².